The first-order valence-electron chi connectivity index (χ1n) is 6.15. The van der Waals surface area contributed by atoms with E-state index >= 15 is 0 Å². The lowest BCUT2D eigenvalue weighted by atomic mass is 10.1. The minimum Gasteiger partial charge on any atom is -0.393 e. The van der Waals surface area contributed by atoms with Crippen LogP contribution in [0.4, 0.5) is 5.82 Å². The topological polar surface area (TPSA) is 57.8 Å². The van der Waals surface area contributed by atoms with Crippen molar-refractivity contribution in [3.05, 3.63) is 30.1 Å². The van der Waals surface area contributed by atoms with Crippen molar-refractivity contribution < 1.29 is 9.90 Å². The molecule has 0 bridgehead atoms. The van der Waals surface area contributed by atoms with E-state index < -0.39 is 0 Å². The van der Waals surface area contributed by atoms with Crippen LogP contribution in [0.25, 0.3) is 5.65 Å². The number of aromatic nitrogens is 2. The Morgan fingerprint density at radius 3 is 2.83 bits per heavy atom. The van der Waals surface area contributed by atoms with E-state index in [4.69, 9.17) is 0 Å². The van der Waals surface area contributed by atoms with Gasteiger partial charge in [-0.3, -0.25) is 9.20 Å². The molecule has 3 rings (SSSR count). The number of hydrogen-bond acceptors (Lipinski definition) is 4. The normalized spacial score (nSPS) is 17.3. The minimum absolute atomic E-state index is 0.224. The average Bonchev–Trinajstić information content (AvgIpc) is 2.78. The molecular weight excluding hydrogens is 230 g/mol. The Kier molecular flexibility index (Phi) is 2.76. The van der Waals surface area contributed by atoms with Crippen LogP contribution in [0.3, 0.4) is 0 Å². The van der Waals surface area contributed by atoms with Gasteiger partial charge in [-0.1, -0.05) is 6.07 Å². The molecule has 5 heteroatoms. The molecule has 18 heavy (non-hydrogen) atoms. The van der Waals surface area contributed by atoms with Crippen LogP contribution in [0.2, 0.25) is 0 Å². The molecule has 0 spiro atoms. The predicted molar refractivity (Wildman–Crippen MR) is 68.0 cm³/mol. The smallest absolute Gasteiger partial charge is 0.170 e. The van der Waals surface area contributed by atoms with E-state index in [9.17, 15) is 9.90 Å². The van der Waals surface area contributed by atoms with Crippen molar-refractivity contribution >= 4 is 17.8 Å². The number of hydrogen-bond donors (Lipinski definition) is 1. The highest BCUT2D eigenvalue weighted by atomic mass is 16.3. The van der Waals surface area contributed by atoms with E-state index in [1.165, 1.54) is 0 Å². The van der Waals surface area contributed by atoms with Gasteiger partial charge in [0.2, 0.25) is 0 Å². The van der Waals surface area contributed by atoms with Gasteiger partial charge in [-0.05, 0) is 25.0 Å². The third kappa shape index (κ3) is 1.76. The molecule has 2 aromatic heterocycles. The highest BCUT2D eigenvalue weighted by Gasteiger charge is 2.22. The second-order valence-corrected chi connectivity index (χ2v) is 4.59. The number of nitrogens with zero attached hydrogens (tertiary/aromatic N) is 3. The van der Waals surface area contributed by atoms with Gasteiger partial charge in [0.05, 0.1) is 6.10 Å². The number of carbonyl (C=O) groups excluding carboxylic acids is 1. The van der Waals surface area contributed by atoms with Crippen molar-refractivity contribution in [2.75, 3.05) is 18.0 Å². The molecule has 1 saturated heterocycles. The molecule has 0 aromatic carbocycles. The fourth-order valence-electron chi connectivity index (χ4n) is 2.42. The molecule has 5 nitrogen and oxygen atoms in total. The zero-order valence-electron chi connectivity index (χ0n) is 9.99. The molecule has 2 aromatic rings. The summed E-state index contributed by atoms with van der Waals surface area (Å²) in [5, 5.41) is 9.52. The number of aliphatic hydroxyl groups excluding tert-OH is 1. The summed E-state index contributed by atoms with van der Waals surface area (Å²) in [5.74, 6) is 0.725. The fraction of sp³-hybridized carbons (Fsp3) is 0.385. The molecule has 0 unspecified atom stereocenters. The van der Waals surface area contributed by atoms with Crippen molar-refractivity contribution in [3.8, 4) is 0 Å². The van der Waals surface area contributed by atoms with Crippen LogP contribution in [0, 0.1) is 0 Å². The summed E-state index contributed by atoms with van der Waals surface area (Å²) in [6, 6.07) is 5.67. The highest BCUT2D eigenvalue weighted by Crippen LogP contribution is 2.23. The maximum absolute atomic E-state index is 11.3. The predicted octanol–water partition coefficient (Wildman–Crippen LogP) is 1.11. The third-order valence-electron chi connectivity index (χ3n) is 3.42. The van der Waals surface area contributed by atoms with Crippen molar-refractivity contribution in [1.82, 2.24) is 9.38 Å². The molecule has 94 valence electrons. The number of aliphatic hydroxyl groups is 1. The van der Waals surface area contributed by atoms with Gasteiger partial charge in [0.1, 0.15) is 11.3 Å². The largest absolute Gasteiger partial charge is 0.393 e. The summed E-state index contributed by atoms with van der Waals surface area (Å²) in [4.78, 5) is 17.9. The van der Waals surface area contributed by atoms with Gasteiger partial charge in [-0.2, -0.15) is 0 Å². The Bertz CT molecular complexity index is 571. The maximum Gasteiger partial charge on any atom is 0.170 e. The van der Waals surface area contributed by atoms with Gasteiger partial charge < -0.3 is 10.0 Å². The Hall–Kier alpha value is -1.88. The van der Waals surface area contributed by atoms with Gasteiger partial charge in [0, 0.05) is 19.3 Å². The first-order valence-corrected chi connectivity index (χ1v) is 6.15. The number of fused-ring (bicyclic) bond motifs is 1. The summed E-state index contributed by atoms with van der Waals surface area (Å²) in [5.41, 5.74) is 1.36. The molecule has 0 amide bonds. The Balaban J connectivity index is 2.03. The second kappa shape index (κ2) is 4.42. The van der Waals surface area contributed by atoms with Crippen molar-refractivity contribution in [2.45, 2.75) is 18.9 Å². The van der Waals surface area contributed by atoms with E-state index in [0.717, 1.165) is 43.7 Å². The van der Waals surface area contributed by atoms with E-state index in [1.807, 2.05) is 24.4 Å². The monoisotopic (exact) mass is 245 g/mol. The SMILES string of the molecule is O=Cc1c(N2CCC(O)CC2)nc2ccccn12. The minimum atomic E-state index is -0.224. The molecule has 0 radical (unpaired) electrons. The standard InChI is InChI=1S/C13H15N3O2/c17-9-11-13(15-7-4-10(18)5-8-15)14-12-3-1-2-6-16(11)12/h1-3,6,9-10,18H,4-5,7-8H2. The third-order valence-corrected chi connectivity index (χ3v) is 3.42. The number of imidazole rings is 1. The fourth-order valence-corrected chi connectivity index (χ4v) is 2.42. The first-order chi connectivity index (χ1) is 8.79. The maximum atomic E-state index is 11.3. The number of aldehydes is 1. The zero-order chi connectivity index (χ0) is 12.5. The quantitative estimate of drug-likeness (QED) is 0.805. The summed E-state index contributed by atoms with van der Waals surface area (Å²) in [6.07, 6.45) is 3.92. The lowest BCUT2D eigenvalue weighted by Gasteiger charge is -2.29. The van der Waals surface area contributed by atoms with Crippen molar-refractivity contribution in [3.63, 3.8) is 0 Å². The van der Waals surface area contributed by atoms with Crippen LogP contribution < -0.4 is 4.90 Å². The van der Waals surface area contributed by atoms with Crippen LogP contribution in [-0.2, 0) is 0 Å². The highest BCUT2D eigenvalue weighted by molar-refractivity contribution is 5.83. The molecule has 0 aliphatic carbocycles. The van der Waals surface area contributed by atoms with Crippen molar-refractivity contribution in [1.29, 1.82) is 0 Å². The molecule has 0 atom stereocenters. The summed E-state index contributed by atoms with van der Waals surface area (Å²) in [6.45, 7) is 1.48. The average molecular weight is 245 g/mol. The number of rotatable bonds is 2. The van der Waals surface area contributed by atoms with Gasteiger partial charge in [-0.15, -0.1) is 0 Å². The molecule has 1 aliphatic heterocycles. The molecular formula is C13H15N3O2. The number of pyridine rings is 1. The second-order valence-electron chi connectivity index (χ2n) is 4.59. The van der Waals surface area contributed by atoms with Gasteiger partial charge in [0.25, 0.3) is 0 Å². The summed E-state index contributed by atoms with van der Waals surface area (Å²) >= 11 is 0. The summed E-state index contributed by atoms with van der Waals surface area (Å²) in [7, 11) is 0. The van der Waals surface area contributed by atoms with Gasteiger partial charge in [-0.25, -0.2) is 4.98 Å². The lowest BCUT2D eigenvalue weighted by Crippen LogP contribution is -2.36. The van der Waals surface area contributed by atoms with E-state index in [-0.39, 0.29) is 6.10 Å². The Morgan fingerprint density at radius 1 is 1.33 bits per heavy atom. The molecule has 3 heterocycles. The van der Waals surface area contributed by atoms with E-state index in [0.29, 0.717) is 5.69 Å². The molecule has 1 aliphatic rings. The Labute approximate surface area is 105 Å². The van der Waals surface area contributed by atoms with Crippen molar-refractivity contribution in [2.24, 2.45) is 0 Å². The Morgan fingerprint density at radius 2 is 2.11 bits per heavy atom. The van der Waals surface area contributed by atoms with E-state index in [1.54, 1.807) is 4.40 Å². The van der Waals surface area contributed by atoms with Crippen LogP contribution in [0.15, 0.2) is 24.4 Å². The number of carbonyl (C=O) groups is 1. The van der Waals surface area contributed by atoms with E-state index in [2.05, 4.69) is 9.88 Å². The summed E-state index contributed by atoms with van der Waals surface area (Å²) < 4.78 is 1.80. The zero-order valence-corrected chi connectivity index (χ0v) is 9.99. The lowest BCUT2D eigenvalue weighted by molar-refractivity contribution is 0.111. The molecule has 1 fully saturated rings. The van der Waals surface area contributed by atoms with Crippen LogP contribution in [0.1, 0.15) is 23.3 Å². The van der Waals surface area contributed by atoms with Crippen LogP contribution >= 0.6 is 0 Å². The van der Waals surface area contributed by atoms with Crippen LogP contribution in [-0.4, -0.2) is 40.0 Å². The first kappa shape index (κ1) is 11.2. The van der Waals surface area contributed by atoms with Crippen LogP contribution in [0.5, 0.6) is 0 Å². The van der Waals surface area contributed by atoms with Gasteiger partial charge in [0.15, 0.2) is 12.1 Å². The molecule has 0 saturated carbocycles. The number of piperidine rings is 1. The number of anilines is 1. The van der Waals surface area contributed by atoms with Gasteiger partial charge >= 0.3 is 0 Å². The molecule has 1 N–H and O–H groups in total.